The molecule has 1 fully saturated rings. The van der Waals surface area contributed by atoms with Gasteiger partial charge in [-0.3, -0.25) is 9.69 Å². The average molecular weight is 364 g/mol. The SMILES string of the molecule is N#Cc1ccc(N2CCN(C3CCc4ccccc4NC3=O)CC2)c(F)c1. The fraction of sp³-hybridized carbons (Fsp3) is 0.333. The number of para-hydroxylation sites is 1. The van der Waals surface area contributed by atoms with Crippen LogP contribution >= 0.6 is 0 Å². The molecule has 1 N–H and O–H groups in total. The number of aryl methyl sites for hydroxylation is 1. The lowest BCUT2D eigenvalue weighted by atomic mass is 10.0. The molecule has 0 radical (unpaired) electrons. The van der Waals surface area contributed by atoms with Crippen LogP contribution in [0.1, 0.15) is 17.5 Å². The van der Waals surface area contributed by atoms with Gasteiger partial charge in [-0.05, 0) is 42.7 Å². The molecule has 5 nitrogen and oxygen atoms in total. The predicted octanol–water partition coefficient (Wildman–Crippen LogP) is 2.77. The number of hydrogen-bond acceptors (Lipinski definition) is 4. The van der Waals surface area contributed by atoms with Gasteiger partial charge in [0.05, 0.1) is 23.4 Å². The van der Waals surface area contributed by atoms with Crippen molar-refractivity contribution in [2.24, 2.45) is 0 Å². The van der Waals surface area contributed by atoms with Crippen LogP contribution in [0, 0.1) is 17.1 Å². The molecule has 0 aromatic heterocycles. The number of nitriles is 1. The molecule has 0 saturated carbocycles. The van der Waals surface area contributed by atoms with Crippen molar-refractivity contribution in [1.82, 2.24) is 4.90 Å². The summed E-state index contributed by atoms with van der Waals surface area (Å²) in [5.74, 6) is -0.330. The van der Waals surface area contributed by atoms with Crippen molar-refractivity contribution in [2.45, 2.75) is 18.9 Å². The molecule has 2 aromatic carbocycles. The Kier molecular flexibility index (Phi) is 4.78. The van der Waals surface area contributed by atoms with Gasteiger partial charge in [0.2, 0.25) is 5.91 Å². The summed E-state index contributed by atoms with van der Waals surface area (Å²) in [7, 11) is 0. The third kappa shape index (κ3) is 3.51. The first-order chi connectivity index (χ1) is 13.2. The third-order valence-electron chi connectivity index (χ3n) is 5.44. The molecule has 138 valence electrons. The van der Waals surface area contributed by atoms with E-state index in [-0.39, 0.29) is 17.8 Å². The van der Waals surface area contributed by atoms with Crippen molar-refractivity contribution in [3.8, 4) is 6.07 Å². The fourth-order valence-electron chi connectivity index (χ4n) is 3.96. The van der Waals surface area contributed by atoms with Crippen LogP contribution in [0.5, 0.6) is 0 Å². The molecule has 27 heavy (non-hydrogen) atoms. The lowest BCUT2D eigenvalue weighted by Crippen LogP contribution is -2.53. The number of anilines is 2. The van der Waals surface area contributed by atoms with Crippen molar-refractivity contribution in [2.75, 3.05) is 36.4 Å². The smallest absolute Gasteiger partial charge is 0.241 e. The normalized spacial score (nSPS) is 20.4. The molecule has 2 heterocycles. The summed E-state index contributed by atoms with van der Waals surface area (Å²) in [6.45, 7) is 2.71. The minimum absolute atomic E-state index is 0.0398. The Bertz CT molecular complexity index is 899. The zero-order valence-electron chi connectivity index (χ0n) is 15.0. The molecule has 2 aromatic rings. The van der Waals surface area contributed by atoms with Gasteiger partial charge in [0.25, 0.3) is 0 Å². The van der Waals surface area contributed by atoms with E-state index < -0.39 is 0 Å². The molecular formula is C21H21FN4O. The number of rotatable bonds is 2. The second kappa shape index (κ2) is 7.37. The van der Waals surface area contributed by atoms with Gasteiger partial charge >= 0.3 is 0 Å². The standard InChI is InChI=1S/C21H21FN4O/c22-17-13-15(14-23)5-7-19(17)25-9-11-26(12-10-25)20-8-6-16-3-1-2-4-18(16)24-21(20)27/h1-5,7,13,20H,6,8-12H2,(H,24,27). The second-order valence-corrected chi connectivity index (χ2v) is 7.00. The molecule has 1 unspecified atom stereocenters. The Hall–Kier alpha value is -2.91. The van der Waals surface area contributed by atoms with E-state index in [2.05, 4.69) is 16.3 Å². The highest BCUT2D eigenvalue weighted by atomic mass is 19.1. The van der Waals surface area contributed by atoms with Crippen LogP contribution in [-0.2, 0) is 11.2 Å². The Morgan fingerprint density at radius 2 is 1.89 bits per heavy atom. The summed E-state index contributed by atoms with van der Waals surface area (Å²) in [6.07, 6.45) is 1.65. The number of carbonyl (C=O) groups is 1. The molecule has 2 aliphatic heterocycles. The zero-order chi connectivity index (χ0) is 18.8. The third-order valence-corrected chi connectivity index (χ3v) is 5.44. The van der Waals surface area contributed by atoms with Gasteiger partial charge in [-0.2, -0.15) is 5.26 Å². The summed E-state index contributed by atoms with van der Waals surface area (Å²) >= 11 is 0. The first kappa shape index (κ1) is 17.5. The average Bonchev–Trinajstić information content (AvgIpc) is 2.86. The van der Waals surface area contributed by atoms with E-state index in [1.54, 1.807) is 12.1 Å². The molecule has 1 amide bonds. The number of benzene rings is 2. The summed E-state index contributed by atoms with van der Waals surface area (Å²) < 4.78 is 14.3. The fourth-order valence-corrected chi connectivity index (χ4v) is 3.96. The molecule has 2 aliphatic rings. The summed E-state index contributed by atoms with van der Waals surface area (Å²) in [6, 6.07) is 14.3. The maximum Gasteiger partial charge on any atom is 0.241 e. The van der Waals surface area contributed by atoms with E-state index >= 15 is 0 Å². The minimum Gasteiger partial charge on any atom is -0.367 e. The van der Waals surface area contributed by atoms with Crippen LogP contribution in [0.2, 0.25) is 0 Å². The van der Waals surface area contributed by atoms with Gasteiger partial charge in [-0.1, -0.05) is 18.2 Å². The number of hydrogen-bond donors (Lipinski definition) is 1. The van der Waals surface area contributed by atoms with Crippen molar-refractivity contribution in [3.63, 3.8) is 0 Å². The van der Waals surface area contributed by atoms with E-state index in [4.69, 9.17) is 5.26 Å². The first-order valence-corrected chi connectivity index (χ1v) is 9.23. The Morgan fingerprint density at radius 1 is 1.11 bits per heavy atom. The highest BCUT2D eigenvalue weighted by Crippen LogP contribution is 2.26. The van der Waals surface area contributed by atoms with Gasteiger partial charge in [0, 0.05) is 31.9 Å². The number of halogens is 1. The van der Waals surface area contributed by atoms with Crippen LogP contribution in [0.3, 0.4) is 0 Å². The van der Waals surface area contributed by atoms with E-state index in [1.807, 2.05) is 29.2 Å². The van der Waals surface area contributed by atoms with E-state index in [1.165, 1.54) is 11.6 Å². The molecule has 0 aliphatic carbocycles. The first-order valence-electron chi connectivity index (χ1n) is 9.23. The van der Waals surface area contributed by atoms with Crippen LogP contribution in [-0.4, -0.2) is 43.0 Å². The van der Waals surface area contributed by atoms with Crippen molar-refractivity contribution in [1.29, 1.82) is 5.26 Å². The van der Waals surface area contributed by atoms with Gasteiger partial charge in [0.1, 0.15) is 5.82 Å². The highest BCUT2D eigenvalue weighted by molar-refractivity contribution is 5.96. The van der Waals surface area contributed by atoms with Crippen LogP contribution in [0.4, 0.5) is 15.8 Å². The topological polar surface area (TPSA) is 59.4 Å². The lowest BCUT2D eigenvalue weighted by Gasteiger charge is -2.39. The summed E-state index contributed by atoms with van der Waals surface area (Å²) in [4.78, 5) is 16.9. The molecule has 0 spiro atoms. The maximum atomic E-state index is 14.3. The number of carbonyl (C=O) groups excluding carboxylic acids is 1. The minimum atomic E-state index is -0.370. The van der Waals surface area contributed by atoms with Crippen molar-refractivity contribution < 1.29 is 9.18 Å². The number of amides is 1. The Labute approximate surface area is 158 Å². The van der Waals surface area contributed by atoms with Crippen LogP contribution in [0.25, 0.3) is 0 Å². The van der Waals surface area contributed by atoms with Crippen LogP contribution in [0.15, 0.2) is 42.5 Å². The zero-order valence-corrected chi connectivity index (χ0v) is 15.0. The summed E-state index contributed by atoms with van der Waals surface area (Å²) in [5.41, 5.74) is 2.92. The molecule has 4 rings (SSSR count). The monoisotopic (exact) mass is 364 g/mol. The number of piperazine rings is 1. The van der Waals surface area contributed by atoms with Gasteiger partial charge in [-0.15, -0.1) is 0 Å². The quantitative estimate of drug-likeness (QED) is 0.890. The molecule has 1 saturated heterocycles. The Balaban J connectivity index is 1.42. The van der Waals surface area contributed by atoms with Crippen molar-refractivity contribution in [3.05, 3.63) is 59.4 Å². The number of fused-ring (bicyclic) bond motifs is 1. The predicted molar refractivity (Wildman–Crippen MR) is 102 cm³/mol. The lowest BCUT2D eigenvalue weighted by molar-refractivity contribution is -0.121. The molecule has 6 heteroatoms. The number of nitrogens with one attached hydrogen (secondary N) is 1. The Morgan fingerprint density at radius 3 is 2.63 bits per heavy atom. The van der Waals surface area contributed by atoms with E-state index in [0.29, 0.717) is 37.4 Å². The maximum absolute atomic E-state index is 14.3. The molecule has 0 bridgehead atoms. The largest absolute Gasteiger partial charge is 0.367 e. The molecule has 1 atom stereocenters. The molecular weight excluding hydrogens is 343 g/mol. The number of nitrogens with zero attached hydrogens (tertiary/aromatic N) is 3. The van der Waals surface area contributed by atoms with E-state index in [9.17, 15) is 9.18 Å². The second-order valence-electron chi connectivity index (χ2n) is 7.00. The van der Waals surface area contributed by atoms with Gasteiger partial charge in [0.15, 0.2) is 0 Å². The van der Waals surface area contributed by atoms with Crippen molar-refractivity contribution >= 4 is 17.3 Å². The van der Waals surface area contributed by atoms with Gasteiger partial charge < -0.3 is 10.2 Å². The van der Waals surface area contributed by atoms with Gasteiger partial charge in [-0.25, -0.2) is 4.39 Å². The van der Waals surface area contributed by atoms with Crippen LogP contribution < -0.4 is 10.2 Å². The summed E-state index contributed by atoms with van der Waals surface area (Å²) in [5, 5.41) is 11.9. The van der Waals surface area contributed by atoms with E-state index in [0.717, 1.165) is 18.5 Å². The highest BCUT2D eigenvalue weighted by Gasteiger charge is 2.31.